The molecule has 1 atom stereocenters. The average Bonchev–Trinajstić information content (AvgIpc) is 2.72. The molecule has 0 aliphatic heterocycles. The van der Waals surface area contributed by atoms with E-state index in [1.807, 2.05) is 13.1 Å². The van der Waals surface area contributed by atoms with E-state index in [0.717, 1.165) is 18.4 Å². The van der Waals surface area contributed by atoms with E-state index in [9.17, 15) is 8.42 Å². The second-order valence-electron chi connectivity index (χ2n) is 5.92. The van der Waals surface area contributed by atoms with Crippen LogP contribution < -0.4 is 5.73 Å². The predicted octanol–water partition coefficient (Wildman–Crippen LogP) is 1.38. The maximum atomic E-state index is 12.0. The topological polar surface area (TPSA) is 78.0 Å². The van der Waals surface area contributed by atoms with Crippen LogP contribution in [0.4, 0.5) is 0 Å². The molecule has 1 aromatic rings. The van der Waals surface area contributed by atoms with Gasteiger partial charge in [-0.15, -0.1) is 0 Å². The Balaban J connectivity index is 2.61. The molecule has 0 aliphatic rings. The van der Waals surface area contributed by atoms with Gasteiger partial charge in [0.1, 0.15) is 0 Å². The van der Waals surface area contributed by atoms with Crippen molar-refractivity contribution in [1.29, 1.82) is 0 Å². The fourth-order valence-electron chi connectivity index (χ4n) is 1.60. The van der Waals surface area contributed by atoms with Gasteiger partial charge in [0.05, 0.1) is 23.2 Å². The Morgan fingerprint density at radius 1 is 1.42 bits per heavy atom. The van der Waals surface area contributed by atoms with E-state index in [0.29, 0.717) is 6.54 Å². The Kier molecular flexibility index (Phi) is 5.15. The molecule has 1 rings (SSSR count). The van der Waals surface area contributed by atoms with Gasteiger partial charge in [0.15, 0.2) is 9.84 Å². The maximum Gasteiger partial charge on any atom is 0.157 e. The molecule has 0 aliphatic carbocycles. The van der Waals surface area contributed by atoms with Crippen LogP contribution in [0.5, 0.6) is 0 Å². The van der Waals surface area contributed by atoms with Gasteiger partial charge in [0.2, 0.25) is 0 Å². The minimum absolute atomic E-state index is 0.109. The van der Waals surface area contributed by atoms with Gasteiger partial charge in [0.25, 0.3) is 0 Å². The van der Waals surface area contributed by atoms with Crippen LogP contribution >= 0.6 is 0 Å². The molecule has 0 aromatic carbocycles. The highest BCUT2D eigenvalue weighted by molar-refractivity contribution is 7.92. The monoisotopic (exact) mass is 287 g/mol. The molecule has 0 saturated heterocycles. The van der Waals surface area contributed by atoms with Crippen molar-refractivity contribution in [1.82, 2.24) is 9.78 Å². The zero-order valence-corrected chi connectivity index (χ0v) is 13.1. The molecule has 0 amide bonds. The lowest BCUT2D eigenvalue weighted by Crippen LogP contribution is -2.32. The summed E-state index contributed by atoms with van der Waals surface area (Å²) in [7, 11) is -3.10. The number of sulfone groups is 1. The van der Waals surface area contributed by atoms with Crippen LogP contribution in [-0.4, -0.2) is 34.7 Å². The first kappa shape index (κ1) is 16.2. The Bertz CT molecular complexity index is 500. The van der Waals surface area contributed by atoms with Crippen LogP contribution in [-0.2, 0) is 22.8 Å². The van der Waals surface area contributed by atoms with Crippen molar-refractivity contribution >= 4 is 9.84 Å². The zero-order valence-electron chi connectivity index (χ0n) is 12.3. The smallest absolute Gasteiger partial charge is 0.157 e. The van der Waals surface area contributed by atoms with E-state index < -0.39 is 14.6 Å². The Labute approximate surface area is 116 Å². The molecule has 0 radical (unpaired) electrons. The number of nitrogens with zero attached hydrogens (tertiary/aromatic N) is 2. The minimum atomic E-state index is -3.10. The molecule has 0 saturated carbocycles. The highest BCUT2D eigenvalue weighted by Gasteiger charge is 2.28. The van der Waals surface area contributed by atoms with Crippen molar-refractivity contribution in [2.24, 2.45) is 5.73 Å². The second kappa shape index (κ2) is 6.05. The standard InChI is InChI=1S/C13H25N3O2S/c1-5-12(14)8-11-9-15-16(10-11)6-7-19(17,18)13(2,3)4/h9-10,12H,5-8,14H2,1-4H3. The fraction of sp³-hybridized carbons (Fsp3) is 0.769. The Morgan fingerprint density at radius 3 is 2.58 bits per heavy atom. The second-order valence-corrected chi connectivity index (χ2v) is 8.78. The van der Waals surface area contributed by atoms with Crippen LogP contribution in [0.1, 0.15) is 39.7 Å². The van der Waals surface area contributed by atoms with E-state index in [4.69, 9.17) is 5.73 Å². The van der Waals surface area contributed by atoms with Gasteiger partial charge >= 0.3 is 0 Å². The van der Waals surface area contributed by atoms with E-state index in [-0.39, 0.29) is 11.8 Å². The molecule has 1 aromatic heterocycles. The number of nitrogens with two attached hydrogens (primary N) is 1. The lowest BCUT2D eigenvalue weighted by atomic mass is 10.1. The van der Waals surface area contributed by atoms with Gasteiger partial charge in [-0.3, -0.25) is 4.68 Å². The van der Waals surface area contributed by atoms with Crippen LogP contribution in [0.25, 0.3) is 0 Å². The summed E-state index contributed by atoms with van der Waals surface area (Å²) in [4.78, 5) is 0. The summed E-state index contributed by atoms with van der Waals surface area (Å²) in [6.07, 6.45) is 5.35. The first-order valence-electron chi connectivity index (χ1n) is 6.65. The van der Waals surface area contributed by atoms with Gasteiger partial charge in [-0.2, -0.15) is 5.10 Å². The van der Waals surface area contributed by atoms with Crippen LogP contribution in [0.15, 0.2) is 12.4 Å². The fourth-order valence-corrected chi connectivity index (χ4v) is 2.64. The highest BCUT2D eigenvalue weighted by atomic mass is 32.2. The van der Waals surface area contributed by atoms with Crippen molar-refractivity contribution in [3.05, 3.63) is 18.0 Å². The van der Waals surface area contributed by atoms with Crippen LogP contribution in [0.2, 0.25) is 0 Å². The summed E-state index contributed by atoms with van der Waals surface area (Å²) in [6, 6.07) is 0.135. The van der Waals surface area contributed by atoms with Gasteiger partial charge in [-0.05, 0) is 39.2 Å². The average molecular weight is 287 g/mol. The summed E-state index contributed by atoms with van der Waals surface area (Å²) in [5, 5.41) is 4.19. The summed E-state index contributed by atoms with van der Waals surface area (Å²) in [6.45, 7) is 7.59. The summed E-state index contributed by atoms with van der Waals surface area (Å²) >= 11 is 0. The molecule has 0 bridgehead atoms. The number of aryl methyl sites for hydroxylation is 1. The third-order valence-electron chi connectivity index (χ3n) is 3.23. The summed E-state index contributed by atoms with van der Waals surface area (Å²) in [5.74, 6) is 0.109. The number of hydrogen-bond acceptors (Lipinski definition) is 4. The molecule has 110 valence electrons. The molecule has 1 heterocycles. The molecule has 2 N–H and O–H groups in total. The van der Waals surface area contributed by atoms with Crippen molar-refractivity contribution in [3.63, 3.8) is 0 Å². The maximum absolute atomic E-state index is 12.0. The SMILES string of the molecule is CCC(N)Cc1cnn(CCS(=O)(=O)C(C)(C)C)c1. The molecule has 0 spiro atoms. The van der Waals surface area contributed by atoms with Crippen molar-refractivity contribution in [2.45, 2.75) is 57.9 Å². The number of hydrogen-bond donors (Lipinski definition) is 1. The molecular weight excluding hydrogens is 262 g/mol. The third-order valence-corrected chi connectivity index (χ3v) is 5.82. The normalized spacial score (nSPS) is 14.6. The highest BCUT2D eigenvalue weighted by Crippen LogP contribution is 2.16. The molecule has 6 heteroatoms. The lowest BCUT2D eigenvalue weighted by molar-refractivity contribution is 0.548. The molecule has 0 fully saturated rings. The lowest BCUT2D eigenvalue weighted by Gasteiger charge is -2.18. The van der Waals surface area contributed by atoms with Crippen molar-refractivity contribution in [3.8, 4) is 0 Å². The van der Waals surface area contributed by atoms with E-state index >= 15 is 0 Å². The van der Waals surface area contributed by atoms with Gasteiger partial charge < -0.3 is 5.73 Å². The summed E-state index contributed by atoms with van der Waals surface area (Å²) in [5.41, 5.74) is 6.94. The molecular formula is C13H25N3O2S. The van der Waals surface area contributed by atoms with E-state index in [1.54, 1.807) is 31.6 Å². The van der Waals surface area contributed by atoms with Crippen LogP contribution in [0.3, 0.4) is 0 Å². The van der Waals surface area contributed by atoms with E-state index in [1.165, 1.54) is 0 Å². The summed E-state index contributed by atoms with van der Waals surface area (Å²) < 4.78 is 25.0. The van der Waals surface area contributed by atoms with Crippen molar-refractivity contribution < 1.29 is 8.42 Å². The van der Waals surface area contributed by atoms with Gasteiger partial charge in [0, 0.05) is 12.2 Å². The zero-order chi connectivity index (χ0) is 14.7. The van der Waals surface area contributed by atoms with Crippen molar-refractivity contribution in [2.75, 3.05) is 5.75 Å². The third kappa shape index (κ3) is 4.62. The first-order valence-corrected chi connectivity index (χ1v) is 8.30. The first-order chi connectivity index (χ1) is 8.65. The number of rotatable bonds is 6. The number of aromatic nitrogens is 2. The molecule has 19 heavy (non-hydrogen) atoms. The van der Waals surface area contributed by atoms with Crippen LogP contribution in [0, 0.1) is 0 Å². The molecule has 5 nitrogen and oxygen atoms in total. The largest absolute Gasteiger partial charge is 0.327 e. The molecule has 1 unspecified atom stereocenters. The van der Waals surface area contributed by atoms with Gasteiger partial charge in [-0.25, -0.2) is 8.42 Å². The minimum Gasteiger partial charge on any atom is -0.327 e. The Morgan fingerprint density at radius 2 is 2.05 bits per heavy atom. The Hall–Kier alpha value is -0.880. The predicted molar refractivity (Wildman–Crippen MR) is 77.7 cm³/mol. The van der Waals surface area contributed by atoms with Gasteiger partial charge in [-0.1, -0.05) is 6.92 Å². The van der Waals surface area contributed by atoms with E-state index in [2.05, 4.69) is 5.10 Å². The quantitative estimate of drug-likeness (QED) is 0.857.